The van der Waals surface area contributed by atoms with Crippen LogP contribution < -0.4 is 5.73 Å². The van der Waals surface area contributed by atoms with Gasteiger partial charge in [-0.15, -0.1) is 0 Å². The van der Waals surface area contributed by atoms with E-state index in [9.17, 15) is 0 Å². The average Bonchev–Trinajstić information content (AvgIpc) is 2.31. The number of nitrogens with zero attached hydrogens (tertiary/aromatic N) is 1. The fourth-order valence-electron chi connectivity index (χ4n) is 2.17. The van der Waals surface area contributed by atoms with Crippen molar-refractivity contribution in [2.45, 2.75) is 32.7 Å². The van der Waals surface area contributed by atoms with Crippen LogP contribution in [0.5, 0.6) is 0 Å². The molecule has 2 N–H and O–H groups in total. The van der Waals surface area contributed by atoms with Crippen LogP contribution in [0.25, 0.3) is 0 Å². The van der Waals surface area contributed by atoms with Crippen molar-refractivity contribution in [2.24, 2.45) is 11.7 Å². The number of likely N-dealkylation sites (N-methyl/N-ethyl adjacent to an activating group) is 1. The fraction of sp³-hybridized carbons (Fsp3) is 0.600. The van der Waals surface area contributed by atoms with Crippen molar-refractivity contribution >= 4 is 11.6 Å². The van der Waals surface area contributed by atoms with E-state index >= 15 is 0 Å². The lowest BCUT2D eigenvalue weighted by atomic mass is 9.90. The van der Waals surface area contributed by atoms with Crippen molar-refractivity contribution in [1.82, 2.24) is 4.90 Å². The van der Waals surface area contributed by atoms with Crippen LogP contribution in [0.4, 0.5) is 0 Å². The highest BCUT2D eigenvalue weighted by Crippen LogP contribution is 2.21. The van der Waals surface area contributed by atoms with Crippen LogP contribution in [0.3, 0.4) is 0 Å². The summed E-state index contributed by atoms with van der Waals surface area (Å²) in [5, 5.41) is 0.781. The monoisotopic (exact) mass is 268 g/mol. The quantitative estimate of drug-likeness (QED) is 0.859. The summed E-state index contributed by atoms with van der Waals surface area (Å²) >= 11 is 5.91. The van der Waals surface area contributed by atoms with Gasteiger partial charge in [0.2, 0.25) is 0 Å². The molecule has 1 atom stereocenters. The maximum Gasteiger partial charge on any atom is 0.0406 e. The van der Waals surface area contributed by atoms with E-state index < -0.39 is 0 Å². The summed E-state index contributed by atoms with van der Waals surface area (Å²) in [5.74, 6) is 0.645. The summed E-state index contributed by atoms with van der Waals surface area (Å²) in [5.41, 5.74) is 7.27. The van der Waals surface area contributed by atoms with Crippen molar-refractivity contribution in [1.29, 1.82) is 0 Å². The predicted molar refractivity (Wildman–Crippen MR) is 80.1 cm³/mol. The van der Waals surface area contributed by atoms with Crippen molar-refractivity contribution < 1.29 is 0 Å². The van der Waals surface area contributed by atoms with Gasteiger partial charge < -0.3 is 5.73 Å². The SMILES string of the molecule is CC(C)CN(C)C(C)(CN)Cc1ccc(Cl)cc1. The molecule has 0 aliphatic heterocycles. The third-order valence-corrected chi connectivity index (χ3v) is 3.75. The Balaban J connectivity index is 2.78. The van der Waals surface area contributed by atoms with Gasteiger partial charge in [0, 0.05) is 23.7 Å². The van der Waals surface area contributed by atoms with Gasteiger partial charge in [-0.2, -0.15) is 0 Å². The third kappa shape index (κ3) is 4.27. The Kier molecular flexibility index (Phi) is 5.64. The fourth-order valence-corrected chi connectivity index (χ4v) is 2.30. The molecule has 0 aromatic heterocycles. The summed E-state index contributed by atoms with van der Waals surface area (Å²) < 4.78 is 0. The van der Waals surface area contributed by atoms with E-state index in [1.54, 1.807) is 0 Å². The molecule has 1 aromatic rings. The first-order chi connectivity index (χ1) is 8.37. The normalized spacial score (nSPS) is 15.1. The molecule has 18 heavy (non-hydrogen) atoms. The smallest absolute Gasteiger partial charge is 0.0406 e. The van der Waals surface area contributed by atoms with E-state index in [-0.39, 0.29) is 5.54 Å². The molecule has 1 unspecified atom stereocenters. The van der Waals surface area contributed by atoms with E-state index in [0.29, 0.717) is 12.5 Å². The topological polar surface area (TPSA) is 29.3 Å². The highest BCUT2D eigenvalue weighted by atomic mass is 35.5. The summed E-state index contributed by atoms with van der Waals surface area (Å²) in [6.45, 7) is 8.40. The van der Waals surface area contributed by atoms with Crippen molar-refractivity contribution in [3.8, 4) is 0 Å². The Labute approximate surface area is 116 Å². The molecule has 1 rings (SSSR count). The molecule has 3 heteroatoms. The lowest BCUT2D eigenvalue weighted by molar-refractivity contribution is 0.128. The average molecular weight is 269 g/mol. The van der Waals surface area contributed by atoms with Crippen LogP contribution in [-0.2, 0) is 6.42 Å². The first-order valence-corrected chi connectivity index (χ1v) is 6.91. The number of benzene rings is 1. The molecule has 0 saturated heterocycles. The molecule has 102 valence electrons. The molecule has 1 aromatic carbocycles. The Morgan fingerprint density at radius 2 is 1.83 bits per heavy atom. The maximum atomic E-state index is 5.99. The van der Waals surface area contributed by atoms with E-state index in [1.807, 2.05) is 12.1 Å². The molecule has 0 fully saturated rings. The molecule has 0 saturated carbocycles. The van der Waals surface area contributed by atoms with Crippen LogP contribution in [0.15, 0.2) is 24.3 Å². The summed E-state index contributed by atoms with van der Waals surface area (Å²) in [6, 6.07) is 8.05. The maximum absolute atomic E-state index is 5.99. The molecule has 0 radical (unpaired) electrons. The van der Waals surface area contributed by atoms with E-state index in [2.05, 4.69) is 44.9 Å². The lowest BCUT2D eigenvalue weighted by Gasteiger charge is -2.39. The minimum Gasteiger partial charge on any atom is -0.329 e. The number of hydrogen-bond donors (Lipinski definition) is 1. The first-order valence-electron chi connectivity index (χ1n) is 6.53. The van der Waals surface area contributed by atoms with E-state index in [0.717, 1.165) is 18.0 Å². The zero-order chi connectivity index (χ0) is 13.8. The molecule has 0 aliphatic rings. The standard InChI is InChI=1S/C15H25ClN2/c1-12(2)10-18(4)15(3,11-17)9-13-5-7-14(16)8-6-13/h5-8,12H,9-11,17H2,1-4H3. The van der Waals surface area contributed by atoms with Gasteiger partial charge in [-0.25, -0.2) is 0 Å². The Hall–Kier alpha value is -0.570. The Morgan fingerprint density at radius 3 is 2.28 bits per heavy atom. The molecule has 0 heterocycles. The molecular weight excluding hydrogens is 244 g/mol. The van der Waals surface area contributed by atoms with E-state index in [1.165, 1.54) is 5.56 Å². The number of halogens is 1. The molecule has 0 spiro atoms. The number of nitrogens with two attached hydrogens (primary N) is 1. The van der Waals surface area contributed by atoms with Crippen LogP contribution in [0.1, 0.15) is 26.3 Å². The second-order valence-electron chi connectivity index (χ2n) is 5.78. The molecule has 0 aliphatic carbocycles. The highest BCUT2D eigenvalue weighted by molar-refractivity contribution is 6.30. The third-order valence-electron chi connectivity index (χ3n) is 3.50. The molecule has 2 nitrogen and oxygen atoms in total. The van der Waals surface area contributed by atoms with Gasteiger partial charge in [-0.3, -0.25) is 4.90 Å². The van der Waals surface area contributed by atoms with Crippen molar-refractivity contribution in [3.63, 3.8) is 0 Å². The molecule has 0 bridgehead atoms. The van der Waals surface area contributed by atoms with Crippen LogP contribution in [0, 0.1) is 5.92 Å². The minimum atomic E-state index is -0.00189. The molecule has 0 amide bonds. The van der Waals surface area contributed by atoms with Crippen LogP contribution >= 0.6 is 11.6 Å². The van der Waals surface area contributed by atoms with E-state index in [4.69, 9.17) is 17.3 Å². The second kappa shape index (κ2) is 6.55. The van der Waals surface area contributed by atoms with Gasteiger partial charge in [0.15, 0.2) is 0 Å². The van der Waals surface area contributed by atoms with Crippen LogP contribution in [-0.4, -0.2) is 30.6 Å². The Bertz CT molecular complexity index is 361. The number of rotatable bonds is 6. The van der Waals surface area contributed by atoms with Crippen LogP contribution in [0.2, 0.25) is 5.02 Å². The lowest BCUT2D eigenvalue weighted by Crippen LogP contribution is -2.52. The minimum absolute atomic E-state index is 0.00189. The van der Waals surface area contributed by atoms with Gasteiger partial charge in [-0.05, 0) is 44.0 Å². The molecular formula is C15H25ClN2. The Morgan fingerprint density at radius 1 is 1.28 bits per heavy atom. The second-order valence-corrected chi connectivity index (χ2v) is 6.22. The summed E-state index contributed by atoms with van der Waals surface area (Å²) in [6.07, 6.45) is 0.948. The van der Waals surface area contributed by atoms with Gasteiger partial charge in [0.25, 0.3) is 0 Å². The summed E-state index contributed by atoms with van der Waals surface area (Å²) in [7, 11) is 2.16. The van der Waals surface area contributed by atoms with Gasteiger partial charge in [0.1, 0.15) is 0 Å². The van der Waals surface area contributed by atoms with Gasteiger partial charge >= 0.3 is 0 Å². The summed E-state index contributed by atoms with van der Waals surface area (Å²) in [4.78, 5) is 2.37. The number of hydrogen-bond acceptors (Lipinski definition) is 2. The largest absolute Gasteiger partial charge is 0.329 e. The zero-order valence-electron chi connectivity index (χ0n) is 11.9. The first kappa shape index (κ1) is 15.5. The zero-order valence-corrected chi connectivity index (χ0v) is 12.7. The van der Waals surface area contributed by atoms with Gasteiger partial charge in [-0.1, -0.05) is 37.6 Å². The van der Waals surface area contributed by atoms with Crippen molar-refractivity contribution in [2.75, 3.05) is 20.1 Å². The van der Waals surface area contributed by atoms with Crippen molar-refractivity contribution in [3.05, 3.63) is 34.9 Å². The van der Waals surface area contributed by atoms with Gasteiger partial charge in [0.05, 0.1) is 0 Å². The highest BCUT2D eigenvalue weighted by Gasteiger charge is 2.28. The predicted octanol–water partition coefficient (Wildman–Crippen LogP) is 3.19.